The summed E-state index contributed by atoms with van der Waals surface area (Å²) >= 11 is 3.54. The molecule has 0 saturated heterocycles. The third-order valence-electron chi connectivity index (χ3n) is 2.85. The minimum atomic E-state index is 0.171. The van der Waals surface area contributed by atoms with Crippen molar-refractivity contribution in [3.8, 4) is 0 Å². The molecule has 2 heteroatoms. The summed E-state index contributed by atoms with van der Waals surface area (Å²) in [6.45, 7) is 11.9. The maximum Gasteiger partial charge on any atom is 0.0204 e. The van der Waals surface area contributed by atoms with Gasteiger partial charge in [-0.25, -0.2) is 0 Å². The number of nitrogens with one attached hydrogen (secondary N) is 1. The van der Waals surface area contributed by atoms with Crippen LogP contribution in [0.15, 0.2) is 28.2 Å². The predicted octanol–water partition coefficient (Wildman–Crippen LogP) is 4.94. The van der Waals surface area contributed by atoms with Gasteiger partial charge in [-0.15, -0.1) is 0 Å². The summed E-state index contributed by atoms with van der Waals surface area (Å²) in [5.74, 6) is 0. The molecule has 0 aliphatic rings. The van der Waals surface area contributed by atoms with Gasteiger partial charge >= 0.3 is 0 Å². The second-order valence-corrected chi connectivity index (χ2v) is 6.62. The highest BCUT2D eigenvalue weighted by Crippen LogP contribution is 2.19. The van der Waals surface area contributed by atoms with Crippen LogP contribution in [0.2, 0.25) is 0 Å². The predicted molar refractivity (Wildman–Crippen MR) is 84.9 cm³/mol. The van der Waals surface area contributed by atoms with Crippen molar-refractivity contribution in [3.63, 3.8) is 0 Å². The fraction of sp³-hybridized carbons (Fsp3) is 0.500. The molecule has 0 heterocycles. The van der Waals surface area contributed by atoms with Gasteiger partial charge in [0.15, 0.2) is 0 Å². The lowest BCUT2D eigenvalue weighted by atomic mass is 10.0. The molecule has 1 nitrogen and oxygen atoms in total. The molecule has 0 fully saturated rings. The summed E-state index contributed by atoms with van der Waals surface area (Å²) in [6, 6.07) is 6.49. The Morgan fingerprint density at radius 2 is 2.00 bits per heavy atom. The summed E-state index contributed by atoms with van der Waals surface area (Å²) < 4.78 is 1.17. The summed E-state index contributed by atoms with van der Waals surface area (Å²) in [6.07, 6.45) is 3.37. The number of rotatable bonds is 4. The highest BCUT2D eigenvalue weighted by molar-refractivity contribution is 9.10. The van der Waals surface area contributed by atoms with Crippen molar-refractivity contribution < 1.29 is 0 Å². The van der Waals surface area contributed by atoms with Crippen molar-refractivity contribution in [2.45, 2.75) is 46.6 Å². The molecule has 0 unspecified atom stereocenters. The highest BCUT2D eigenvalue weighted by Gasteiger charge is 2.08. The Bertz CT molecular complexity index is 427. The largest absolute Gasteiger partial charge is 0.308 e. The third-order valence-corrected chi connectivity index (χ3v) is 3.74. The van der Waals surface area contributed by atoms with Crippen LogP contribution in [0.1, 0.15) is 45.2 Å². The monoisotopic (exact) mass is 309 g/mol. The minimum absolute atomic E-state index is 0.171. The molecule has 0 aliphatic carbocycles. The van der Waals surface area contributed by atoms with E-state index in [0.717, 1.165) is 13.0 Å². The van der Waals surface area contributed by atoms with Gasteiger partial charge < -0.3 is 5.32 Å². The lowest BCUT2D eigenvalue weighted by molar-refractivity contribution is 0.443. The zero-order valence-corrected chi connectivity index (χ0v) is 13.7. The number of halogens is 1. The van der Waals surface area contributed by atoms with Crippen LogP contribution in [0.5, 0.6) is 0 Å². The van der Waals surface area contributed by atoms with Gasteiger partial charge in [-0.2, -0.15) is 0 Å². The summed E-state index contributed by atoms with van der Waals surface area (Å²) in [4.78, 5) is 0. The first kappa shape index (κ1) is 15.5. The molecule has 1 aromatic carbocycles. The van der Waals surface area contributed by atoms with Crippen LogP contribution in [0.4, 0.5) is 0 Å². The molecular weight excluding hydrogens is 286 g/mol. The molecule has 100 valence electrons. The molecule has 0 radical (unpaired) electrons. The molecule has 18 heavy (non-hydrogen) atoms. The van der Waals surface area contributed by atoms with E-state index in [4.69, 9.17) is 0 Å². The van der Waals surface area contributed by atoms with Crippen molar-refractivity contribution in [2.75, 3.05) is 6.54 Å². The van der Waals surface area contributed by atoms with Crippen molar-refractivity contribution in [3.05, 3.63) is 39.4 Å². The molecule has 0 aromatic heterocycles. The lowest BCUT2D eigenvalue weighted by Gasteiger charge is -2.21. The van der Waals surface area contributed by atoms with Gasteiger partial charge in [-0.1, -0.05) is 46.6 Å². The number of benzene rings is 1. The normalized spacial score (nSPS) is 12.9. The van der Waals surface area contributed by atoms with E-state index in [0.29, 0.717) is 0 Å². The first-order valence-corrected chi connectivity index (χ1v) is 7.32. The van der Waals surface area contributed by atoms with Crippen LogP contribution in [0, 0.1) is 6.92 Å². The molecular formula is C16H24BrN. The van der Waals surface area contributed by atoms with Gasteiger partial charge in [0.1, 0.15) is 0 Å². The van der Waals surface area contributed by atoms with E-state index in [9.17, 15) is 0 Å². The van der Waals surface area contributed by atoms with Crippen molar-refractivity contribution in [1.82, 2.24) is 5.32 Å². The zero-order chi connectivity index (χ0) is 13.8. The summed E-state index contributed by atoms with van der Waals surface area (Å²) in [5, 5.41) is 3.54. The van der Waals surface area contributed by atoms with E-state index < -0.39 is 0 Å². The first-order valence-electron chi connectivity index (χ1n) is 6.52. The Morgan fingerprint density at radius 3 is 2.50 bits per heavy atom. The quantitative estimate of drug-likeness (QED) is 0.830. The Hall–Kier alpha value is -0.600. The topological polar surface area (TPSA) is 12.0 Å². The standard InChI is InChI=1S/C16H24BrN/c1-6-13(11-18-16(3,4)5)10-14-7-8-15(17)12(2)9-14/h7-10,18H,6,11H2,1-5H3. The molecule has 0 aliphatic heterocycles. The molecule has 1 N–H and O–H groups in total. The smallest absolute Gasteiger partial charge is 0.0204 e. The molecule has 1 aromatic rings. The van der Waals surface area contributed by atoms with Gasteiger partial charge in [-0.05, 0) is 51.3 Å². The van der Waals surface area contributed by atoms with E-state index in [2.05, 4.69) is 80.1 Å². The van der Waals surface area contributed by atoms with Crippen LogP contribution < -0.4 is 5.32 Å². The Morgan fingerprint density at radius 1 is 1.33 bits per heavy atom. The first-order chi connectivity index (χ1) is 8.31. The van der Waals surface area contributed by atoms with Crippen LogP contribution in [-0.2, 0) is 0 Å². The van der Waals surface area contributed by atoms with Crippen molar-refractivity contribution in [2.24, 2.45) is 0 Å². The van der Waals surface area contributed by atoms with E-state index >= 15 is 0 Å². The molecule has 0 spiro atoms. The molecule has 0 bridgehead atoms. The Labute approximate surface area is 120 Å². The van der Waals surface area contributed by atoms with Crippen molar-refractivity contribution >= 4 is 22.0 Å². The number of hydrogen-bond acceptors (Lipinski definition) is 1. The van der Waals surface area contributed by atoms with Gasteiger partial charge in [0.2, 0.25) is 0 Å². The maximum absolute atomic E-state index is 3.54. The van der Waals surface area contributed by atoms with Crippen molar-refractivity contribution in [1.29, 1.82) is 0 Å². The fourth-order valence-electron chi connectivity index (χ4n) is 1.65. The second kappa shape index (κ2) is 6.53. The van der Waals surface area contributed by atoms with Crippen LogP contribution in [-0.4, -0.2) is 12.1 Å². The van der Waals surface area contributed by atoms with E-state index in [1.54, 1.807) is 0 Å². The zero-order valence-electron chi connectivity index (χ0n) is 12.1. The molecule has 0 saturated carbocycles. The van der Waals surface area contributed by atoms with Gasteiger partial charge in [-0.3, -0.25) is 0 Å². The highest BCUT2D eigenvalue weighted by atomic mass is 79.9. The van der Waals surface area contributed by atoms with Gasteiger partial charge in [0.25, 0.3) is 0 Å². The Kier molecular flexibility index (Phi) is 5.61. The SMILES string of the molecule is CCC(=Cc1ccc(Br)c(C)c1)CNC(C)(C)C. The average Bonchev–Trinajstić information content (AvgIpc) is 2.28. The summed E-state index contributed by atoms with van der Waals surface area (Å²) in [7, 11) is 0. The van der Waals surface area contributed by atoms with Gasteiger partial charge in [0, 0.05) is 16.6 Å². The minimum Gasteiger partial charge on any atom is -0.308 e. The molecule has 1 rings (SSSR count). The van der Waals surface area contributed by atoms with Crippen LogP contribution in [0.3, 0.4) is 0 Å². The number of aryl methyl sites for hydroxylation is 1. The second-order valence-electron chi connectivity index (χ2n) is 5.77. The van der Waals surface area contributed by atoms with E-state index in [-0.39, 0.29) is 5.54 Å². The van der Waals surface area contributed by atoms with Crippen LogP contribution >= 0.6 is 15.9 Å². The summed E-state index contributed by atoms with van der Waals surface area (Å²) in [5.41, 5.74) is 4.17. The fourth-order valence-corrected chi connectivity index (χ4v) is 1.90. The molecule has 0 atom stereocenters. The third kappa shape index (κ3) is 5.36. The van der Waals surface area contributed by atoms with E-state index in [1.807, 2.05) is 0 Å². The lowest BCUT2D eigenvalue weighted by Crippen LogP contribution is -2.36. The average molecular weight is 310 g/mol. The number of hydrogen-bond donors (Lipinski definition) is 1. The van der Waals surface area contributed by atoms with Gasteiger partial charge in [0.05, 0.1) is 0 Å². The van der Waals surface area contributed by atoms with Crippen LogP contribution in [0.25, 0.3) is 6.08 Å². The molecule has 0 amide bonds. The maximum atomic E-state index is 3.54. The Balaban J connectivity index is 2.80. The van der Waals surface area contributed by atoms with E-state index in [1.165, 1.54) is 21.2 Å².